The monoisotopic (exact) mass is 299 g/mol. The van der Waals surface area contributed by atoms with Crippen molar-refractivity contribution < 1.29 is 0 Å². The number of aryl methyl sites for hydroxylation is 2. The van der Waals surface area contributed by atoms with Crippen molar-refractivity contribution in [3.63, 3.8) is 0 Å². The van der Waals surface area contributed by atoms with E-state index in [-0.39, 0.29) is 6.04 Å². The summed E-state index contributed by atoms with van der Waals surface area (Å²) < 4.78 is 3.34. The molecular formula is C17H21N3S. The molecule has 0 amide bonds. The molecule has 1 aromatic carbocycles. The van der Waals surface area contributed by atoms with Gasteiger partial charge in [0.15, 0.2) is 0 Å². The number of nitrogens with one attached hydrogen (secondary N) is 1. The van der Waals surface area contributed by atoms with Gasteiger partial charge in [-0.15, -0.1) is 11.3 Å². The van der Waals surface area contributed by atoms with Gasteiger partial charge in [-0.1, -0.05) is 25.1 Å². The molecule has 0 aliphatic heterocycles. The fourth-order valence-corrected chi connectivity index (χ4v) is 3.97. The Morgan fingerprint density at radius 3 is 2.76 bits per heavy atom. The van der Waals surface area contributed by atoms with Gasteiger partial charge in [-0.3, -0.25) is 4.68 Å². The Bertz CT molecular complexity index is 770. The average molecular weight is 299 g/mol. The van der Waals surface area contributed by atoms with Crippen LogP contribution in [-0.4, -0.2) is 16.3 Å². The summed E-state index contributed by atoms with van der Waals surface area (Å²) in [7, 11) is 2.01. The van der Waals surface area contributed by atoms with Crippen molar-refractivity contribution >= 4 is 21.4 Å². The summed E-state index contributed by atoms with van der Waals surface area (Å²) in [5.41, 5.74) is 4.99. The van der Waals surface area contributed by atoms with E-state index in [4.69, 9.17) is 0 Å². The van der Waals surface area contributed by atoms with Crippen molar-refractivity contribution in [2.75, 3.05) is 6.54 Å². The Morgan fingerprint density at radius 1 is 1.29 bits per heavy atom. The molecule has 0 bridgehead atoms. The van der Waals surface area contributed by atoms with Gasteiger partial charge in [0.1, 0.15) is 0 Å². The maximum atomic E-state index is 4.59. The third-order valence-corrected chi connectivity index (χ3v) is 5.06. The zero-order valence-electron chi connectivity index (χ0n) is 13.0. The molecule has 0 radical (unpaired) electrons. The molecule has 4 heteroatoms. The lowest BCUT2D eigenvalue weighted by molar-refractivity contribution is 0.627. The van der Waals surface area contributed by atoms with Gasteiger partial charge in [0, 0.05) is 23.0 Å². The van der Waals surface area contributed by atoms with Crippen molar-refractivity contribution in [2.45, 2.75) is 26.8 Å². The Kier molecular flexibility index (Phi) is 3.83. The molecule has 0 saturated heterocycles. The fraction of sp³-hybridized carbons (Fsp3) is 0.353. The lowest BCUT2D eigenvalue weighted by Gasteiger charge is -2.20. The normalized spacial score (nSPS) is 13.0. The minimum atomic E-state index is 0.200. The third kappa shape index (κ3) is 2.39. The lowest BCUT2D eigenvalue weighted by Crippen LogP contribution is -2.23. The molecule has 3 nitrogen and oxygen atoms in total. The first kappa shape index (κ1) is 14.3. The number of rotatable bonds is 4. The molecule has 1 unspecified atom stereocenters. The van der Waals surface area contributed by atoms with E-state index in [1.807, 2.05) is 23.1 Å². The van der Waals surface area contributed by atoms with Crippen LogP contribution in [0.2, 0.25) is 0 Å². The Hall–Kier alpha value is -1.65. The van der Waals surface area contributed by atoms with Crippen LogP contribution in [0.1, 0.15) is 35.5 Å². The summed E-state index contributed by atoms with van der Waals surface area (Å²) in [6, 6.07) is 8.95. The summed E-state index contributed by atoms with van der Waals surface area (Å²) in [6.07, 6.45) is 0. The highest BCUT2D eigenvalue weighted by atomic mass is 32.1. The van der Waals surface area contributed by atoms with E-state index in [1.54, 1.807) is 0 Å². The molecule has 1 atom stereocenters. The summed E-state index contributed by atoms with van der Waals surface area (Å²) >= 11 is 1.81. The van der Waals surface area contributed by atoms with E-state index in [0.29, 0.717) is 0 Å². The summed E-state index contributed by atoms with van der Waals surface area (Å²) in [5, 5.41) is 11.7. The average Bonchev–Trinajstić information content (AvgIpc) is 3.03. The molecule has 110 valence electrons. The van der Waals surface area contributed by atoms with Gasteiger partial charge in [0.05, 0.1) is 11.7 Å². The molecule has 3 aromatic rings. The molecule has 0 spiro atoms. The van der Waals surface area contributed by atoms with Crippen molar-refractivity contribution in [3.05, 3.63) is 52.2 Å². The second-order valence-corrected chi connectivity index (χ2v) is 6.30. The number of thiophene rings is 1. The van der Waals surface area contributed by atoms with Crippen molar-refractivity contribution in [3.8, 4) is 0 Å². The minimum Gasteiger partial charge on any atom is -0.306 e. The highest BCUT2D eigenvalue weighted by molar-refractivity contribution is 7.17. The summed E-state index contributed by atoms with van der Waals surface area (Å²) in [4.78, 5) is 0. The zero-order chi connectivity index (χ0) is 15.0. The Labute approximate surface area is 129 Å². The van der Waals surface area contributed by atoms with E-state index in [2.05, 4.69) is 60.8 Å². The highest BCUT2D eigenvalue weighted by Crippen LogP contribution is 2.34. The summed E-state index contributed by atoms with van der Waals surface area (Å²) in [6.45, 7) is 7.33. The van der Waals surface area contributed by atoms with Crippen molar-refractivity contribution in [2.24, 2.45) is 7.05 Å². The van der Waals surface area contributed by atoms with Gasteiger partial charge in [0.2, 0.25) is 0 Å². The molecule has 3 rings (SSSR count). The van der Waals surface area contributed by atoms with Crippen LogP contribution in [0.15, 0.2) is 29.6 Å². The van der Waals surface area contributed by atoms with Gasteiger partial charge in [-0.25, -0.2) is 0 Å². The molecular weight excluding hydrogens is 278 g/mol. The van der Waals surface area contributed by atoms with Crippen LogP contribution in [0.3, 0.4) is 0 Å². The van der Waals surface area contributed by atoms with Crippen LogP contribution < -0.4 is 5.32 Å². The number of hydrogen-bond acceptors (Lipinski definition) is 3. The fourth-order valence-electron chi connectivity index (χ4n) is 3.02. The molecule has 0 fully saturated rings. The van der Waals surface area contributed by atoms with Crippen LogP contribution in [0.4, 0.5) is 0 Å². The first-order valence-corrected chi connectivity index (χ1v) is 8.21. The number of hydrogen-bond donors (Lipinski definition) is 1. The summed E-state index contributed by atoms with van der Waals surface area (Å²) in [5.74, 6) is 0. The predicted octanol–water partition coefficient (Wildman–Crippen LogP) is 3.95. The van der Waals surface area contributed by atoms with E-state index in [0.717, 1.165) is 12.2 Å². The number of nitrogens with zero attached hydrogens (tertiary/aromatic N) is 2. The van der Waals surface area contributed by atoms with Gasteiger partial charge in [-0.05, 0) is 42.8 Å². The molecule has 2 heterocycles. The standard InChI is InChI=1S/C17H21N3S/c1-5-18-16(15-11(2)19-20(4)12(15)3)14-8-6-7-13-9-10-21-17(13)14/h6-10,16,18H,5H2,1-4H3. The van der Waals surface area contributed by atoms with Crippen LogP contribution in [0.5, 0.6) is 0 Å². The largest absolute Gasteiger partial charge is 0.306 e. The maximum Gasteiger partial charge on any atom is 0.0647 e. The van der Waals surface area contributed by atoms with Gasteiger partial charge in [0.25, 0.3) is 0 Å². The zero-order valence-corrected chi connectivity index (χ0v) is 13.8. The topological polar surface area (TPSA) is 29.9 Å². The smallest absolute Gasteiger partial charge is 0.0647 e. The molecule has 1 N–H and O–H groups in total. The molecule has 2 aromatic heterocycles. The van der Waals surface area contributed by atoms with Crippen molar-refractivity contribution in [1.82, 2.24) is 15.1 Å². The van der Waals surface area contributed by atoms with Crippen LogP contribution >= 0.6 is 11.3 Å². The van der Waals surface area contributed by atoms with E-state index >= 15 is 0 Å². The van der Waals surface area contributed by atoms with E-state index in [9.17, 15) is 0 Å². The minimum absolute atomic E-state index is 0.200. The molecule has 0 aliphatic carbocycles. The van der Waals surface area contributed by atoms with Crippen LogP contribution in [0.25, 0.3) is 10.1 Å². The number of benzene rings is 1. The third-order valence-electron chi connectivity index (χ3n) is 4.08. The number of aromatic nitrogens is 2. The first-order chi connectivity index (χ1) is 10.1. The Morgan fingerprint density at radius 2 is 2.10 bits per heavy atom. The molecule has 21 heavy (non-hydrogen) atoms. The second-order valence-electron chi connectivity index (χ2n) is 5.38. The van der Waals surface area contributed by atoms with Crippen molar-refractivity contribution in [1.29, 1.82) is 0 Å². The van der Waals surface area contributed by atoms with E-state index in [1.165, 1.54) is 26.9 Å². The lowest BCUT2D eigenvalue weighted by atomic mass is 9.96. The first-order valence-electron chi connectivity index (χ1n) is 7.33. The van der Waals surface area contributed by atoms with E-state index < -0.39 is 0 Å². The van der Waals surface area contributed by atoms with Crippen LogP contribution in [0, 0.1) is 13.8 Å². The number of fused-ring (bicyclic) bond motifs is 1. The van der Waals surface area contributed by atoms with Gasteiger partial charge >= 0.3 is 0 Å². The van der Waals surface area contributed by atoms with Gasteiger partial charge < -0.3 is 5.32 Å². The predicted molar refractivity (Wildman–Crippen MR) is 90.0 cm³/mol. The highest BCUT2D eigenvalue weighted by Gasteiger charge is 2.23. The quantitative estimate of drug-likeness (QED) is 0.790. The second kappa shape index (κ2) is 5.62. The molecule has 0 aliphatic rings. The SMILES string of the molecule is CCNC(c1c(C)nn(C)c1C)c1cccc2ccsc12. The molecule has 0 saturated carbocycles. The maximum absolute atomic E-state index is 4.59. The van der Waals surface area contributed by atoms with Crippen LogP contribution in [-0.2, 0) is 7.05 Å². The van der Waals surface area contributed by atoms with Gasteiger partial charge in [-0.2, -0.15) is 5.10 Å². The Balaban J connectivity index is 2.20.